The molecular weight excluding hydrogens is 252 g/mol. The van der Waals surface area contributed by atoms with Crippen LogP contribution < -0.4 is 5.73 Å². The summed E-state index contributed by atoms with van der Waals surface area (Å²) in [5.41, 5.74) is 7.25. The molecule has 0 atom stereocenters. The van der Waals surface area contributed by atoms with E-state index >= 15 is 0 Å². The van der Waals surface area contributed by atoms with Gasteiger partial charge in [-0.1, -0.05) is 25.1 Å². The smallest absolute Gasteiger partial charge is 0.216 e. The molecule has 0 spiro atoms. The standard InChI is InChI=1S/C12H20N2O3S/c1-3-14(18(15,16)9-8-17-2)10-11-6-4-5-7-12(11)13/h4-7H,3,8-10,13H2,1-2H3. The summed E-state index contributed by atoms with van der Waals surface area (Å²) in [6, 6.07) is 7.28. The van der Waals surface area contributed by atoms with E-state index in [2.05, 4.69) is 0 Å². The quantitative estimate of drug-likeness (QED) is 0.754. The second kappa shape index (κ2) is 6.72. The van der Waals surface area contributed by atoms with Gasteiger partial charge in [-0.15, -0.1) is 0 Å². The molecule has 102 valence electrons. The van der Waals surface area contributed by atoms with Gasteiger partial charge in [0.05, 0.1) is 12.4 Å². The van der Waals surface area contributed by atoms with Crippen LogP contribution in [-0.2, 0) is 21.3 Å². The van der Waals surface area contributed by atoms with E-state index in [1.54, 1.807) is 6.07 Å². The lowest BCUT2D eigenvalue weighted by Gasteiger charge is -2.21. The largest absolute Gasteiger partial charge is 0.398 e. The molecule has 0 radical (unpaired) electrons. The summed E-state index contributed by atoms with van der Waals surface area (Å²) < 4.78 is 30.3. The highest BCUT2D eigenvalue weighted by atomic mass is 32.2. The van der Waals surface area contributed by atoms with Crippen molar-refractivity contribution >= 4 is 15.7 Å². The first-order valence-electron chi connectivity index (χ1n) is 5.81. The Morgan fingerprint density at radius 2 is 2.00 bits per heavy atom. The first kappa shape index (κ1) is 14.9. The Hall–Kier alpha value is -1.11. The lowest BCUT2D eigenvalue weighted by molar-refractivity contribution is 0.215. The van der Waals surface area contributed by atoms with Gasteiger partial charge in [-0.2, -0.15) is 4.31 Å². The molecule has 0 saturated heterocycles. The number of nitrogens with zero attached hydrogens (tertiary/aromatic N) is 1. The average molecular weight is 272 g/mol. The fraction of sp³-hybridized carbons (Fsp3) is 0.500. The second-order valence-electron chi connectivity index (χ2n) is 3.93. The summed E-state index contributed by atoms with van der Waals surface area (Å²) >= 11 is 0. The Bertz CT molecular complexity index is 474. The minimum Gasteiger partial charge on any atom is -0.398 e. The minimum atomic E-state index is -3.30. The predicted molar refractivity (Wildman–Crippen MR) is 72.6 cm³/mol. The number of para-hydroxylation sites is 1. The molecule has 0 fully saturated rings. The number of hydrogen-bond donors (Lipinski definition) is 1. The summed E-state index contributed by atoms with van der Waals surface area (Å²) in [5, 5.41) is 0. The molecule has 0 saturated carbocycles. The summed E-state index contributed by atoms with van der Waals surface area (Å²) in [4.78, 5) is 0. The minimum absolute atomic E-state index is 0.00984. The lowest BCUT2D eigenvalue weighted by Crippen LogP contribution is -2.33. The molecule has 0 unspecified atom stereocenters. The van der Waals surface area contributed by atoms with Crippen molar-refractivity contribution in [3.8, 4) is 0 Å². The van der Waals surface area contributed by atoms with Gasteiger partial charge in [0.15, 0.2) is 0 Å². The summed E-state index contributed by atoms with van der Waals surface area (Å²) in [7, 11) is -1.81. The van der Waals surface area contributed by atoms with Crippen LogP contribution in [0.25, 0.3) is 0 Å². The van der Waals surface area contributed by atoms with Crippen LogP contribution in [-0.4, -0.2) is 38.7 Å². The molecule has 1 rings (SSSR count). The van der Waals surface area contributed by atoms with E-state index in [4.69, 9.17) is 10.5 Å². The molecule has 2 N–H and O–H groups in total. The predicted octanol–water partition coefficient (Wildman–Crippen LogP) is 1.07. The van der Waals surface area contributed by atoms with Crippen LogP contribution in [0.3, 0.4) is 0 Å². The number of rotatable bonds is 7. The number of nitrogen functional groups attached to an aromatic ring is 1. The third kappa shape index (κ3) is 3.97. The van der Waals surface area contributed by atoms with Crippen molar-refractivity contribution in [2.24, 2.45) is 0 Å². The van der Waals surface area contributed by atoms with Crippen molar-refractivity contribution in [3.63, 3.8) is 0 Å². The zero-order chi connectivity index (χ0) is 13.6. The number of methoxy groups -OCH3 is 1. The number of sulfonamides is 1. The Labute approximate surface area is 109 Å². The second-order valence-corrected chi connectivity index (χ2v) is 6.02. The highest BCUT2D eigenvalue weighted by Gasteiger charge is 2.20. The van der Waals surface area contributed by atoms with Crippen molar-refractivity contribution in [1.82, 2.24) is 4.31 Å². The van der Waals surface area contributed by atoms with E-state index in [0.717, 1.165) is 5.56 Å². The van der Waals surface area contributed by atoms with Gasteiger partial charge in [0, 0.05) is 25.9 Å². The molecule has 0 bridgehead atoms. The molecule has 0 heterocycles. The van der Waals surface area contributed by atoms with Crippen LogP contribution in [0.1, 0.15) is 12.5 Å². The van der Waals surface area contributed by atoms with Gasteiger partial charge in [-0.3, -0.25) is 0 Å². The molecule has 0 aromatic heterocycles. The molecule has 1 aromatic rings. The average Bonchev–Trinajstić information content (AvgIpc) is 2.35. The maximum atomic E-state index is 12.0. The fourth-order valence-electron chi connectivity index (χ4n) is 1.59. The first-order valence-corrected chi connectivity index (χ1v) is 7.42. The fourth-order valence-corrected chi connectivity index (χ4v) is 2.96. The van der Waals surface area contributed by atoms with E-state index in [1.165, 1.54) is 11.4 Å². The molecular formula is C12H20N2O3S. The van der Waals surface area contributed by atoms with E-state index in [-0.39, 0.29) is 12.4 Å². The zero-order valence-corrected chi connectivity index (χ0v) is 11.6. The zero-order valence-electron chi connectivity index (χ0n) is 10.8. The number of nitrogens with two attached hydrogens (primary N) is 1. The van der Waals surface area contributed by atoms with Crippen molar-refractivity contribution in [2.45, 2.75) is 13.5 Å². The van der Waals surface area contributed by atoms with Crippen LogP contribution in [0.2, 0.25) is 0 Å². The molecule has 1 aromatic carbocycles. The lowest BCUT2D eigenvalue weighted by atomic mass is 10.2. The molecule has 5 nitrogen and oxygen atoms in total. The Morgan fingerprint density at radius 3 is 2.56 bits per heavy atom. The maximum absolute atomic E-state index is 12.0. The van der Waals surface area contributed by atoms with Gasteiger partial charge in [0.1, 0.15) is 0 Å². The van der Waals surface area contributed by atoms with Crippen LogP contribution in [0, 0.1) is 0 Å². The first-order chi connectivity index (χ1) is 8.51. The highest BCUT2D eigenvalue weighted by molar-refractivity contribution is 7.89. The van der Waals surface area contributed by atoms with E-state index in [9.17, 15) is 8.42 Å². The monoisotopic (exact) mass is 272 g/mol. The SMILES string of the molecule is CCN(Cc1ccccc1N)S(=O)(=O)CCOC. The molecule has 0 aliphatic rings. The summed E-state index contributed by atoms with van der Waals surface area (Å²) in [6.45, 7) is 2.72. The van der Waals surface area contributed by atoms with Crippen LogP contribution >= 0.6 is 0 Å². The topological polar surface area (TPSA) is 72.6 Å². The molecule has 0 amide bonds. The molecule has 18 heavy (non-hydrogen) atoms. The van der Waals surface area contributed by atoms with Crippen molar-refractivity contribution in [1.29, 1.82) is 0 Å². The Balaban J connectivity index is 2.82. The Morgan fingerprint density at radius 1 is 1.33 bits per heavy atom. The number of anilines is 1. The number of hydrogen-bond acceptors (Lipinski definition) is 4. The summed E-state index contributed by atoms with van der Waals surface area (Å²) in [6.07, 6.45) is 0. The Kier molecular flexibility index (Phi) is 5.58. The van der Waals surface area contributed by atoms with Gasteiger partial charge >= 0.3 is 0 Å². The maximum Gasteiger partial charge on any atom is 0.216 e. The van der Waals surface area contributed by atoms with Crippen molar-refractivity contribution < 1.29 is 13.2 Å². The van der Waals surface area contributed by atoms with Gasteiger partial charge in [0.25, 0.3) is 0 Å². The third-order valence-electron chi connectivity index (χ3n) is 2.69. The van der Waals surface area contributed by atoms with E-state index in [0.29, 0.717) is 18.8 Å². The molecule has 0 aliphatic carbocycles. The molecule has 0 aliphatic heterocycles. The van der Waals surface area contributed by atoms with E-state index < -0.39 is 10.0 Å². The van der Waals surface area contributed by atoms with Gasteiger partial charge in [-0.05, 0) is 11.6 Å². The van der Waals surface area contributed by atoms with Gasteiger partial charge < -0.3 is 10.5 Å². The van der Waals surface area contributed by atoms with Crippen LogP contribution in [0.5, 0.6) is 0 Å². The van der Waals surface area contributed by atoms with Gasteiger partial charge in [-0.25, -0.2) is 8.42 Å². The van der Waals surface area contributed by atoms with Crippen molar-refractivity contribution in [2.75, 3.05) is 31.7 Å². The van der Waals surface area contributed by atoms with Gasteiger partial charge in [0.2, 0.25) is 10.0 Å². The number of benzene rings is 1. The third-order valence-corrected chi connectivity index (χ3v) is 4.55. The number of ether oxygens (including phenoxy) is 1. The molecule has 6 heteroatoms. The summed E-state index contributed by atoms with van der Waals surface area (Å²) in [5.74, 6) is -0.00984. The normalized spacial score (nSPS) is 11.9. The highest BCUT2D eigenvalue weighted by Crippen LogP contribution is 2.15. The van der Waals surface area contributed by atoms with E-state index in [1.807, 2.05) is 25.1 Å². The van der Waals surface area contributed by atoms with Crippen molar-refractivity contribution in [3.05, 3.63) is 29.8 Å². The van der Waals surface area contributed by atoms with Crippen LogP contribution in [0.4, 0.5) is 5.69 Å². The van der Waals surface area contributed by atoms with Crippen LogP contribution in [0.15, 0.2) is 24.3 Å².